The van der Waals surface area contributed by atoms with Crippen molar-refractivity contribution in [2.75, 3.05) is 18.9 Å². The van der Waals surface area contributed by atoms with E-state index in [1.54, 1.807) is 24.3 Å². The number of nitrogens with one attached hydrogen (secondary N) is 1. The number of hydrogen-bond acceptors (Lipinski definition) is 3. The van der Waals surface area contributed by atoms with E-state index in [0.29, 0.717) is 17.9 Å². The van der Waals surface area contributed by atoms with Gasteiger partial charge < -0.3 is 15.8 Å². The van der Waals surface area contributed by atoms with Gasteiger partial charge in [0.25, 0.3) is 5.91 Å². The molecule has 1 aromatic carbocycles. The SMILES string of the molecule is Nc1ccc(C(=O)NC2CCCOC2)cc1. The van der Waals surface area contributed by atoms with Gasteiger partial charge in [0.15, 0.2) is 0 Å². The van der Waals surface area contributed by atoms with Crippen molar-refractivity contribution in [2.24, 2.45) is 0 Å². The molecule has 0 radical (unpaired) electrons. The molecule has 1 unspecified atom stereocenters. The van der Waals surface area contributed by atoms with Gasteiger partial charge in [0.1, 0.15) is 0 Å². The van der Waals surface area contributed by atoms with E-state index in [9.17, 15) is 4.79 Å². The number of nitrogen functional groups attached to an aromatic ring is 1. The molecule has 1 aliphatic heterocycles. The summed E-state index contributed by atoms with van der Waals surface area (Å²) in [6.45, 7) is 1.41. The van der Waals surface area contributed by atoms with Gasteiger partial charge in [-0.05, 0) is 37.1 Å². The molecular formula is C12H16N2O2. The summed E-state index contributed by atoms with van der Waals surface area (Å²) in [5.74, 6) is -0.0597. The molecule has 16 heavy (non-hydrogen) atoms. The quantitative estimate of drug-likeness (QED) is 0.735. The molecule has 4 heteroatoms. The standard InChI is InChI=1S/C12H16N2O2/c13-10-5-3-9(4-6-10)12(15)14-11-2-1-7-16-8-11/h3-6,11H,1-2,7-8,13H2,(H,14,15). The molecule has 0 aromatic heterocycles. The van der Waals surface area contributed by atoms with Gasteiger partial charge >= 0.3 is 0 Å². The molecule has 1 fully saturated rings. The maximum atomic E-state index is 11.8. The number of benzene rings is 1. The number of ether oxygens (including phenoxy) is 1. The minimum absolute atomic E-state index is 0.0597. The van der Waals surface area contributed by atoms with E-state index in [1.165, 1.54) is 0 Å². The molecule has 1 aromatic rings. The zero-order valence-electron chi connectivity index (χ0n) is 9.11. The van der Waals surface area contributed by atoms with E-state index in [0.717, 1.165) is 19.4 Å². The molecule has 1 heterocycles. The molecule has 3 N–H and O–H groups in total. The number of carbonyl (C=O) groups is 1. The van der Waals surface area contributed by atoms with E-state index in [2.05, 4.69) is 5.32 Å². The zero-order chi connectivity index (χ0) is 11.4. The van der Waals surface area contributed by atoms with Crippen molar-refractivity contribution in [1.82, 2.24) is 5.32 Å². The van der Waals surface area contributed by atoms with Gasteiger partial charge in [-0.3, -0.25) is 4.79 Å². The molecule has 4 nitrogen and oxygen atoms in total. The highest BCUT2D eigenvalue weighted by atomic mass is 16.5. The van der Waals surface area contributed by atoms with Gasteiger partial charge in [0, 0.05) is 17.9 Å². The third-order valence-electron chi connectivity index (χ3n) is 2.67. The Morgan fingerprint density at radius 3 is 2.75 bits per heavy atom. The first kappa shape index (κ1) is 11.0. The van der Waals surface area contributed by atoms with Crippen LogP contribution in [0.2, 0.25) is 0 Å². The van der Waals surface area contributed by atoms with Crippen molar-refractivity contribution in [3.05, 3.63) is 29.8 Å². The molecule has 2 rings (SSSR count). The molecule has 1 aliphatic rings. The number of hydrogen-bond donors (Lipinski definition) is 2. The van der Waals surface area contributed by atoms with Gasteiger partial charge in [-0.1, -0.05) is 0 Å². The highest BCUT2D eigenvalue weighted by Gasteiger charge is 2.16. The summed E-state index contributed by atoms with van der Waals surface area (Å²) in [5.41, 5.74) is 6.86. The summed E-state index contributed by atoms with van der Waals surface area (Å²) < 4.78 is 5.30. The van der Waals surface area contributed by atoms with Crippen LogP contribution in [0.4, 0.5) is 5.69 Å². The Hall–Kier alpha value is -1.55. The van der Waals surface area contributed by atoms with Crippen molar-refractivity contribution >= 4 is 11.6 Å². The van der Waals surface area contributed by atoms with Crippen LogP contribution in [0.25, 0.3) is 0 Å². The summed E-state index contributed by atoms with van der Waals surface area (Å²) in [5, 5.41) is 2.95. The average Bonchev–Trinajstić information content (AvgIpc) is 2.31. The predicted octanol–water partition coefficient (Wildman–Crippen LogP) is 1.18. The summed E-state index contributed by atoms with van der Waals surface area (Å²) >= 11 is 0. The Bertz CT molecular complexity index is 356. The van der Waals surface area contributed by atoms with E-state index in [-0.39, 0.29) is 11.9 Å². The van der Waals surface area contributed by atoms with E-state index in [1.807, 2.05) is 0 Å². The van der Waals surface area contributed by atoms with E-state index >= 15 is 0 Å². The minimum Gasteiger partial charge on any atom is -0.399 e. The largest absolute Gasteiger partial charge is 0.399 e. The Labute approximate surface area is 94.8 Å². The molecular weight excluding hydrogens is 204 g/mol. The highest BCUT2D eigenvalue weighted by Crippen LogP contribution is 2.09. The van der Waals surface area contributed by atoms with Crippen LogP contribution in [-0.4, -0.2) is 25.2 Å². The maximum Gasteiger partial charge on any atom is 0.251 e. The molecule has 0 bridgehead atoms. The van der Waals surface area contributed by atoms with Gasteiger partial charge in [-0.15, -0.1) is 0 Å². The average molecular weight is 220 g/mol. The van der Waals surface area contributed by atoms with Crippen LogP contribution in [0.1, 0.15) is 23.2 Å². The Morgan fingerprint density at radius 2 is 2.12 bits per heavy atom. The van der Waals surface area contributed by atoms with Gasteiger partial charge in [0.05, 0.1) is 12.6 Å². The van der Waals surface area contributed by atoms with Crippen LogP contribution in [-0.2, 0) is 4.74 Å². The maximum absolute atomic E-state index is 11.8. The van der Waals surface area contributed by atoms with E-state index in [4.69, 9.17) is 10.5 Å². The van der Waals surface area contributed by atoms with E-state index < -0.39 is 0 Å². The third-order valence-corrected chi connectivity index (χ3v) is 2.67. The van der Waals surface area contributed by atoms with Gasteiger partial charge in [-0.25, -0.2) is 0 Å². The van der Waals surface area contributed by atoms with Crippen LogP contribution in [0.3, 0.4) is 0 Å². The fourth-order valence-electron chi connectivity index (χ4n) is 1.76. The minimum atomic E-state index is -0.0597. The molecule has 0 spiro atoms. The normalized spacial score (nSPS) is 20.4. The fraction of sp³-hybridized carbons (Fsp3) is 0.417. The lowest BCUT2D eigenvalue weighted by atomic mass is 10.1. The lowest BCUT2D eigenvalue weighted by molar-refractivity contribution is 0.0624. The number of rotatable bonds is 2. The summed E-state index contributed by atoms with van der Waals surface area (Å²) in [6, 6.07) is 7.06. The number of amides is 1. The lowest BCUT2D eigenvalue weighted by Crippen LogP contribution is -2.40. The Kier molecular flexibility index (Phi) is 3.41. The Morgan fingerprint density at radius 1 is 1.38 bits per heavy atom. The molecule has 86 valence electrons. The van der Waals surface area contributed by atoms with Crippen molar-refractivity contribution in [1.29, 1.82) is 0 Å². The number of carbonyl (C=O) groups excluding carboxylic acids is 1. The monoisotopic (exact) mass is 220 g/mol. The van der Waals surface area contributed by atoms with Crippen molar-refractivity contribution in [3.63, 3.8) is 0 Å². The fourth-order valence-corrected chi connectivity index (χ4v) is 1.76. The lowest BCUT2D eigenvalue weighted by Gasteiger charge is -2.23. The summed E-state index contributed by atoms with van der Waals surface area (Å²) in [4.78, 5) is 11.8. The third kappa shape index (κ3) is 2.73. The Balaban J connectivity index is 1.94. The van der Waals surface area contributed by atoms with Gasteiger partial charge in [-0.2, -0.15) is 0 Å². The first-order valence-corrected chi connectivity index (χ1v) is 5.50. The van der Waals surface area contributed by atoms with Crippen LogP contribution >= 0.6 is 0 Å². The van der Waals surface area contributed by atoms with Crippen LogP contribution in [0.5, 0.6) is 0 Å². The van der Waals surface area contributed by atoms with Crippen LogP contribution in [0.15, 0.2) is 24.3 Å². The second-order valence-electron chi connectivity index (χ2n) is 4.01. The molecule has 0 aliphatic carbocycles. The molecule has 0 saturated carbocycles. The molecule has 1 atom stereocenters. The second-order valence-corrected chi connectivity index (χ2v) is 4.01. The van der Waals surface area contributed by atoms with Crippen LogP contribution < -0.4 is 11.1 Å². The summed E-state index contributed by atoms with van der Waals surface area (Å²) in [6.07, 6.45) is 1.99. The topological polar surface area (TPSA) is 64.4 Å². The smallest absolute Gasteiger partial charge is 0.251 e. The zero-order valence-corrected chi connectivity index (χ0v) is 9.11. The molecule has 1 saturated heterocycles. The predicted molar refractivity (Wildman–Crippen MR) is 62.2 cm³/mol. The van der Waals surface area contributed by atoms with Crippen molar-refractivity contribution in [3.8, 4) is 0 Å². The first-order chi connectivity index (χ1) is 7.75. The highest BCUT2D eigenvalue weighted by molar-refractivity contribution is 5.94. The van der Waals surface area contributed by atoms with Crippen LogP contribution in [0, 0.1) is 0 Å². The van der Waals surface area contributed by atoms with Gasteiger partial charge in [0.2, 0.25) is 0 Å². The second kappa shape index (κ2) is 4.99. The number of nitrogens with two attached hydrogens (primary N) is 1. The molecule has 1 amide bonds. The van der Waals surface area contributed by atoms with Crippen molar-refractivity contribution in [2.45, 2.75) is 18.9 Å². The van der Waals surface area contributed by atoms with Crippen molar-refractivity contribution < 1.29 is 9.53 Å². The summed E-state index contributed by atoms with van der Waals surface area (Å²) in [7, 11) is 0. The number of anilines is 1. The first-order valence-electron chi connectivity index (χ1n) is 5.50.